The molecule has 1 saturated heterocycles. The quantitative estimate of drug-likeness (QED) is 0.890. The third kappa shape index (κ3) is 4.87. The Balaban J connectivity index is 0.00000144. The zero-order valence-corrected chi connectivity index (χ0v) is 11.9. The van der Waals surface area contributed by atoms with Crippen molar-refractivity contribution in [3.63, 3.8) is 0 Å². The Morgan fingerprint density at radius 2 is 2.24 bits per heavy atom. The summed E-state index contributed by atoms with van der Waals surface area (Å²) < 4.78 is 3.90. The SMILES string of the molecule is CNCCC1CCN(Cc2csnn2)CC1.Cl. The first-order valence-electron chi connectivity index (χ1n) is 6.01. The number of aromatic nitrogens is 2. The third-order valence-electron chi connectivity index (χ3n) is 3.30. The Bertz CT molecular complexity index is 286. The fraction of sp³-hybridized carbons (Fsp3) is 0.818. The summed E-state index contributed by atoms with van der Waals surface area (Å²) in [5, 5.41) is 9.38. The number of likely N-dealkylation sites (tertiary alicyclic amines) is 1. The Kier molecular flexibility index (Phi) is 6.96. The molecule has 17 heavy (non-hydrogen) atoms. The van der Waals surface area contributed by atoms with E-state index < -0.39 is 0 Å². The van der Waals surface area contributed by atoms with Gasteiger partial charge in [0, 0.05) is 11.9 Å². The summed E-state index contributed by atoms with van der Waals surface area (Å²) in [6.07, 6.45) is 3.99. The molecule has 98 valence electrons. The molecule has 1 fully saturated rings. The molecular weight excluding hydrogens is 256 g/mol. The summed E-state index contributed by atoms with van der Waals surface area (Å²) in [5.41, 5.74) is 1.12. The molecule has 0 aliphatic carbocycles. The van der Waals surface area contributed by atoms with E-state index in [4.69, 9.17) is 0 Å². The maximum absolute atomic E-state index is 4.10. The van der Waals surface area contributed by atoms with E-state index in [0.717, 1.165) is 24.7 Å². The minimum absolute atomic E-state index is 0. The van der Waals surface area contributed by atoms with Crippen molar-refractivity contribution < 1.29 is 0 Å². The smallest absolute Gasteiger partial charge is 0.0895 e. The predicted octanol–water partition coefficient (Wildman–Crippen LogP) is 1.78. The van der Waals surface area contributed by atoms with Crippen molar-refractivity contribution in [3.8, 4) is 0 Å². The van der Waals surface area contributed by atoms with E-state index in [1.807, 2.05) is 12.4 Å². The van der Waals surface area contributed by atoms with Gasteiger partial charge in [0.2, 0.25) is 0 Å². The first-order chi connectivity index (χ1) is 7.88. The number of nitrogens with zero attached hydrogens (tertiary/aromatic N) is 3. The van der Waals surface area contributed by atoms with Crippen LogP contribution in [0.15, 0.2) is 5.38 Å². The van der Waals surface area contributed by atoms with Gasteiger partial charge in [-0.15, -0.1) is 17.5 Å². The van der Waals surface area contributed by atoms with Crippen LogP contribution in [0.25, 0.3) is 0 Å². The lowest BCUT2D eigenvalue weighted by molar-refractivity contribution is 0.171. The summed E-state index contributed by atoms with van der Waals surface area (Å²) in [7, 11) is 2.03. The van der Waals surface area contributed by atoms with Gasteiger partial charge in [-0.05, 0) is 63.4 Å². The number of nitrogens with one attached hydrogen (secondary N) is 1. The molecule has 2 rings (SSSR count). The summed E-state index contributed by atoms with van der Waals surface area (Å²) in [6, 6.07) is 0. The number of piperidine rings is 1. The van der Waals surface area contributed by atoms with Crippen LogP contribution in [0.4, 0.5) is 0 Å². The van der Waals surface area contributed by atoms with E-state index in [9.17, 15) is 0 Å². The Morgan fingerprint density at radius 3 is 2.82 bits per heavy atom. The van der Waals surface area contributed by atoms with Gasteiger partial charge in [-0.1, -0.05) is 4.49 Å². The van der Waals surface area contributed by atoms with Crippen molar-refractivity contribution in [1.29, 1.82) is 0 Å². The van der Waals surface area contributed by atoms with Gasteiger partial charge in [0.25, 0.3) is 0 Å². The lowest BCUT2D eigenvalue weighted by atomic mass is 9.93. The molecule has 0 amide bonds. The average molecular weight is 277 g/mol. The maximum atomic E-state index is 4.10. The third-order valence-corrected chi connectivity index (χ3v) is 3.85. The highest BCUT2D eigenvalue weighted by molar-refractivity contribution is 7.03. The van der Waals surface area contributed by atoms with Crippen LogP contribution in [0, 0.1) is 5.92 Å². The van der Waals surface area contributed by atoms with E-state index in [1.54, 1.807) is 0 Å². The first kappa shape index (κ1) is 14.8. The van der Waals surface area contributed by atoms with Gasteiger partial charge in [0.1, 0.15) is 0 Å². The van der Waals surface area contributed by atoms with Crippen LogP contribution in [0.5, 0.6) is 0 Å². The van der Waals surface area contributed by atoms with Crippen molar-refractivity contribution in [2.24, 2.45) is 5.92 Å². The van der Waals surface area contributed by atoms with Crippen LogP contribution in [0.2, 0.25) is 0 Å². The van der Waals surface area contributed by atoms with Gasteiger partial charge in [-0.2, -0.15) is 0 Å². The Hall–Kier alpha value is -0.230. The molecule has 2 heterocycles. The van der Waals surface area contributed by atoms with Crippen molar-refractivity contribution in [2.75, 3.05) is 26.7 Å². The monoisotopic (exact) mass is 276 g/mol. The fourth-order valence-electron chi connectivity index (χ4n) is 2.26. The lowest BCUT2D eigenvalue weighted by Gasteiger charge is -2.31. The highest BCUT2D eigenvalue weighted by atomic mass is 35.5. The normalized spacial score (nSPS) is 17.9. The average Bonchev–Trinajstić information content (AvgIpc) is 2.81. The topological polar surface area (TPSA) is 41.0 Å². The molecular formula is C11H21ClN4S. The van der Waals surface area contributed by atoms with Gasteiger partial charge in [-0.3, -0.25) is 4.90 Å². The second-order valence-electron chi connectivity index (χ2n) is 4.51. The van der Waals surface area contributed by atoms with Gasteiger partial charge in [0.05, 0.1) is 5.69 Å². The van der Waals surface area contributed by atoms with Gasteiger partial charge in [-0.25, -0.2) is 0 Å². The number of rotatable bonds is 5. The standard InChI is InChI=1S/C11H20N4S.ClH/c1-12-5-2-10-3-6-15(7-4-10)8-11-9-16-14-13-11;/h9-10,12H,2-8H2,1H3;1H. The van der Waals surface area contributed by atoms with E-state index in [1.165, 1.54) is 43.9 Å². The first-order valence-corrected chi connectivity index (χ1v) is 6.85. The molecule has 0 radical (unpaired) electrons. The molecule has 1 N–H and O–H groups in total. The van der Waals surface area contributed by atoms with Crippen LogP contribution in [0.1, 0.15) is 25.0 Å². The fourth-order valence-corrected chi connectivity index (χ4v) is 2.71. The van der Waals surface area contributed by atoms with E-state index in [-0.39, 0.29) is 12.4 Å². The molecule has 1 aromatic rings. The summed E-state index contributed by atoms with van der Waals surface area (Å²) in [6.45, 7) is 4.56. The van der Waals surface area contributed by atoms with Gasteiger partial charge < -0.3 is 5.32 Å². The lowest BCUT2D eigenvalue weighted by Crippen LogP contribution is -2.34. The Labute approximate surface area is 113 Å². The number of hydrogen-bond acceptors (Lipinski definition) is 5. The summed E-state index contributed by atoms with van der Waals surface area (Å²) in [4.78, 5) is 2.49. The van der Waals surface area contributed by atoms with Crippen LogP contribution >= 0.6 is 23.9 Å². The maximum Gasteiger partial charge on any atom is 0.0895 e. The van der Waals surface area contributed by atoms with E-state index in [2.05, 4.69) is 19.8 Å². The van der Waals surface area contributed by atoms with Crippen LogP contribution < -0.4 is 5.32 Å². The molecule has 1 aliphatic rings. The predicted molar refractivity (Wildman–Crippen MR) is 73.7 cm³/mol. The highest BCUT2D eigenvalue weighted by Crippen LogP contribution is 2.21. The zero-order valence-electron chi connectivity index (χ0n) is 10.3. The molecule has 0 spiro atoms. The van der Waals surface area contributed by atoms with Crippen molar-refractivity contribution in [1.82, 2.24) is 19.8 Å². The van der Waals surface area contributed by atoms with Crippen molar-refractivity contribution >= 4 is 23.9 Å². The molecule has 1 aliphatic heterocycles. The van der Waals surface area contributed by atoms with Crippen LogP contribution in [-0.4, -0.2) is 41.2 Å². The zero-order chi connectivity index (χ0) is 11.2. The molecule has 0 saturated carbocycles. The second kappa shape index (κ2) is 7.97. The number of halogens is 1. The summed E-state index contributed by atoms with van der Waals surface area (Å²) >= 11 is 1.44. The van der Waals surface area contributed by atoms with Crippen molar-refractivity contribution in [3.05, 3.63) is 11.1 Å². The molecule has 0 unspecified atom stereocenters. The minimum Gasteiger partial charge on any atom is -0.320 e. The van der Waals surface area contributed by atoms with Crippen LogP contribution in [-0.2, 0) is 6.54 Å². The molecule has 0 aromatic carbocycles. The molecule has 4 nitrogen and oxygen atoms in total. The molecule has 0 atom stereocenters. The van der Waals surface area contributed by atoms with Gasteiger partial charge in [0.15, 0.2) is 0 Å². The second-order valence-corrected chi connectivity index (χ2v) is 5.12. The molecule has 6 heteroatoms. The minimum atomic E-state index is 0. The van der Waals surface area contributed by atoms with E-state index in [0.29, 0.717) is 0 Å². The van der Waals surface area contributed by atoms with Crippen molar-refractivity contribution in [2.45, 2.75) is 25.8 Å². The summed E-state index contributed by atoms with van der Waals surface area (Å²) in [5.74, 6) is 0.914. The highest BCUT2D eigenvalue weighted by Gasteiger charge is 2.19. The largest absolute Gasteiger partial charge is 0.320 e. The van der Waals surface area contributed by atoms with Gasteiger partial charge >= 0.3 is 0 Å². The van der Waals surface area contributed by atoms with Crippen LogP contribution in [0.3, 0.4) is 0 Å². The molecule has 1 aromatic heterocycles. The number of hydrogen-bond donors (Lipinski definition) is 1. The Morgan fingerprint density at radius 1 is 1.47 bits per heavy atom. The molecule has 0 bridgehead atoms. The van der Waals surface area contributed by atoms with E-state index >= 15 is 0 Å².